The average molecular weight is 376 g/mol. The molecule has 9 nitrogen and oxygen atoms in total. The van der Waals surface area contributed by atoms with Crippen molar-refractivity contribution in [3.8, 4) is 11.1 Å². The highest BCUT2D eigenvalue weighted by molar-refractivity contribution is 5.97. The van der Waals surface area contributed by atoms with Crippen LogP contribution in [0.1, 0.15) is 10.4 Å². The topological polar surface area (TPSA) is 131 Å². The van der Waals surface area contributed by atoms with E-state index in [-0.39, 0.29) is 22.3 Å². The number of aromatic carboxylic acids is 1. The predicted octanol–water partition coefficient (Wildman–Crippen LogP) is 4.24. The smallest absolute Gasteiger partial charge is 0.335 e. The third-order valence-electron chi connectivity index (χ3n) is 4.21. The third kappa shape index (κ3) is 3.01. The minimum atomic E-state index is -1.04. The Labute approximate surface area is 157 Å². The highest BCUT2D eigenvalue weighted by Crippen LogP contribution is 2.35. The quantitative estimate of drug-likeness (QED) is 0.390. The number of rotatable bonds is 5. The zero-order chi connectivity index (χ0) is 19.7. The van der Waals surface area contributed by atoms with Gasteiger partial charge in [0.2, 0.25) is 5.52 Å². The summed E-state index contributed by atoms with van der Waals surface area (Å²) in [7, 11) is 0. The average Bonchev–Trinajstić information content (AvgIpc) is 3.19. The first-order valence-corrected chi connectivity index (χ1v) is 8.14. The zero-order valence-electron chi connectivity index (χ0n) is 14.2. The molecule has 4 rings (SSSR count). The van der Waals surface area contributed by atoms with Crippen molar-refractivity contribution in [3.63, 3.8) is 0 Å². The largest absolute Gasteiger partial charge is 0.478 e. The Bertz CT molecular complexity index is 1200. The molecule has 0 amide bonds. The number of nitrogens with zero attached hydrogens (tertiary/aromatic N) is 3. The van der Waals surface area contributed by atoms with Crippen LogP contribution in [0.5, 0.6) is 0 Å². The fraction of sp³-hybridized carbons (Fsp3) is 0. The number of hydrogen-bond acceptors (Lipinski definition) is 7. The maximum Gasteiger partial charge on any atom is 0.335 e. The minimum absolute atomic E-state index is 0.0263. The Hall–Kier alpha value is -4.27. The number of non-ortho nitro benzene ring substituents is 1. The molecule has 0 spiro atoms. The Morgan fingerprint density at radius 2 is 1.71 bits per heavy atom. The lowest BCUT2D eigenvalue weighted by Gasteiger charge is -2.13. The van der Waals surface area contributed by atoms with Gasteiger partial charge in [0.15, 0.2) is 5.52 Å². The van der Waals surface area contributed by atoms with Gasteiger partial charge in [-0.1, -0.05) is 30.3 Å². The van der Waals surface area contributed by atoms with Crippen LogP contribution in [0.2, 0.25) is 0 Å². The number of aromatic nitrogens is 2. The van der Waals surface area contributed by atoms with Crippen LogP contribution in [0.3, 0.4) is 0 Å². The molecule has 9 heteroatoms. The van der Waals surface area contributed by atoms with Gasteiger partial charge in [-0.3, -0.25) is 10.1 Å². The van der Waals surface area contributed by atoms with Crippen LogP contribution in [0.15, 0.2) is 65.3 Å². The monoisotopic (exact) mass is 376 g/mol. The predicted molar refractivity (Wildman–Crippen MR) is 101 cm³/mol. The molecule has 0 aliphatic rings. The van der Waals surface area contributed by atoms with Gasteiger partial charge < -0.3 is 10.4 Å². The van der Waals surface area contributed by atoms with Crippen molar-refractivity contribution < 1.29 is 19.5 Å². The number of nitrogens with one attached hydrogen (secondary N) is 1. The molecule has 0 aliphatic carbocycles. The number of fused-ring (bicyclic) bond motifs is 1. The number of carboxylic acids is 1. The Kier molecular flexibility index (Phi) is 4.17. The van der Waals surface area contributed by atoms with Crippen LogP contribution < -0.4 is 5.32 Å². The summed E-state index contributed by atoms with van der Waals surface area (Å²) in [5.74, 6) is -1.04. The first-order chi connectivity index (χ1) is 13.5. The highest BCUT2D eigenvalue weighted by atomic mass is 16.6. The van der Waals surface area contributed by atoms with Gasteiger partial charge in [0, 0.05) is 17.3 Å². The molecule has 138 valence electrons. The van der Waals surface area contributed by atoms with Gasteiger partial charge in [0.25, 0.3) is 0 Å². The lowest BCUT2D eigenvalue weighted by molar-refractivity contribution is -0.383. The van der Waals surface area contributed by atoms with Crippen molar-refractivity contribution in [1.82, 2.24) is 10.3 Å². The van der Waals surface area contributed by atoms with Crippen molar-refractivity contribution in [2.75, 3.05) is 5.32 Å². The first-order valence-electron chi connectivity index (χ1n) is 8.14. The van der Waals surface area contributed by atoms with E-state index in [4.69, 9.17) is 0 Å². The van der Waals surface area contributed by atoms with Crippen LogP contribution in [-0.4, -0.2) is 26.3 Å². The van der Waals surface area contributed by atoms with Crippen LogP contribution in [0, 0.1) is 10.1 Å². The molecule has 0 bridgehead atoms. The van der Waals surface area contributed by atoms with Crippen LogP contribution in [-0.2, 0) is 0 Å². The van der Waals surface area contributed by atoms with Crippen molar-refractivity contribution in [3.05, 3.63) is 76.3 Å². The molecule has 3 aromatic carbocycles. The van der Waals surface area contributed by atoms with E-state index < -0.39 is 10.9 Å². The van der Waals surface area contributed by atoms with E-state index >= 15 is 0 Å². The molecular formula is C19H12N4O5. The summed E-state index contributed by atoms with van der Waals surface area (Å²) in [5.41, 5.74) is 2.67. The molecule has 0 saturated carbocycles. The zero-order valence-corrected chi connectivity index (χ0v) is 14.2. The second-order valence-electron chi connectivity index (χ2n) is 5.91. The van der Waals surface area contributed by atoms with Gasteiger partial charge in [0.05, 0.1) is 16.2 Å². The Morgan fingerprint density at radius 3 is 2.43 bits per heavy atom. The van der Waals surface area contributed by atoms with Crippen molar-refractivity contribution in [1.29, 1.82) is 0 Å². The number of anilines is 2. The summed E-state index contributed by atoms with van der Waals surface area (Å²) in [6, 6.07) is 16.7. The standard InChI is InChI=1S/C19H12N4O5/c24-19(25)12-6-7-14(13(10-12)11-4-2-1-3-5-11)20-15-8-9-16(23(26)27)18-17(15)21-28-22-18/h1-10,20H,(H,24,25). The van der Waals surface area contributed by atoms with Gasteiger partial charge in [-0.05, 0) is 40.1 Å². The van der Waals surface area contributed by atoms with E-state index in [1.54, 1.807) is 12.1 Å². The summed E-state index contributed by atoms with van der Waals surface area (Å²) in [5, 5.41) is 31.0. The number of benzene rings is 3. The highest BCUT2D eigenvalue weighted by Gasteiger charge is 2.20. The van der Waals surface area contributed by atoms with E-state index in [2.05, 4.69) is 20.3 Å². The fourth-order valence-corrected chi connectivity index (χ4v) is 2.89. The van der Waals surface area contributed by atoms with Gasteiger partial charge in [0.1, 0.15) is 0 Å². The molecule has 28 heavy (non-hydrogen) atoms. The second kappa shape index (κ2) is 6.80. The van der Waals surface area contributed by atoms with Gasteiger partial charge in [-0.2, -0.15) is 0 Å². The van der Waals surface area contributed by atoms with Crippen LogP contribution >= 0.6 is 0 Å². The molecule has 2 N–H and O–H groups in total. The number of carboxylic acid groups (broad SMARTS) is 1. The lowest BCUT2D eigenvalue weighted by atomic mass is 10.0. The summed E-state index contributed by atoms with van der Waals surface area (Å²) < 4.78 is 4.68. The summed E-state index contributed by atoms with van der Waals surface area (Å²) in [4.78, 5) is 22.0. The molecule has 1 heterocycles. The number of carbonyl (C=O) groups is 1. The molecule has 0 fully saturated rings. The summed E-state index contributed by atoms with van der Waals surface area (Å²) in [6.07, 6.45) is 0. The molecule has 0 saturated heterocycles. The maximum atomic E-state index is 11.4. The van der Waals surface area contributed by atoms with E-state index in [0.29, 0.717) is 16.9 Å². The molecule has 0 radical (unpaired) electrons. The number of nitro groups is 1. The molecule has 0 atom stereocenters. The molecule has 4 aromatic rings. The normalized spacial score (nSPS) is 10.7. The Balaban J connectivity index is 1.84. The van der Waals surface area contributed by atoms with E-state index in [1.165, 1.54) is 18.2 Å². The lowest BCUT2D eigenvalue weighted by Crippen LogP contribution is -2.00. The van der Waals surface area contributed by atoms with E-state index in [0.717, 1.165) is 5.56 Å². The molecule has 0 unspecified atom stereocenters. The van der Waals surface area contributed by atoms with Crippen molar-refractivity contribution in [2.45, 2.75) is 0 Å². The molecule has 0 aliphatic heterocycles. The molecule has 1 aromatic heterocycles. The first kappa shape index (κ1) is 17.2. The fourth-order valence-electron chi connectivity index (χ4n) is 2.89. The Morgan fingerprint density at radius 1 is 1.00 bits per heavy atom. The van der Waals surface area contributed by atoms with E-state index in [1.807, 2.05) is 30.3 Å². The van der Waals surface area contributed by atoms with Gasteiger partial charge in [-0.25, -0.2) is 9.42 Å². The van der Waals surface area contributed by atoms with Crippen molar-refractivity contribution in [2.24, 2.45) is 0 Å². The number of nitro benzene ring substituents is 1. The van der Waals surface area contributed by atoms with Crippen molar-refractivity contribution >= 4 is 34.1 Å². The van der Waals surface area contributed by atoms with Crippen LogP contribution in [0.25, 0.3) is 22.2 Å². The maximum absolute atomic E-state index is 11.4. The minimum Gasteiger partial charge on any atom is -0.478 e. The summed E-state index contributed by atoms with van der Waals surface area (Å²) >= 11 is 0. The second-order valence-corrected chi connectivity index (χ2v) is 5.91. The third-order valence-corrected chi connectivity index (χ3v) is 4.21. The van der Waals surface area contributed by atoms with E-state index in [9.17, 15) is 20.0 Å². The van der Waals surface area contributed by atoms with Gasteiger partial charge in [-0.15, -0.1) is 0 Å². The summed E-state index contributed by atoms with van der Waals surface area (Å²) in [6.45, 7) is 0. The SMILES string of the molecule is O=C(O)c1ccc(Nc2ccc([N+](=O)[O-])c3nonc23)c(-c2ccccc2)c1. The number of hydrogen-bond donors (Lipinski definition) is 2. The van der Waals surface area contributed by atoms with Gasteiger partial charge >= 0.3 is 11.7 Å². The molecular weight excluding hydrogens is 364 g/mol. The van der Waals surface area contributed by atoms with Crippen LogP contribution in [0.4, 0.5) is 17.1 Å².